The molecule has 0 aromatic heterocycles. The van der Waals surface area contributed by atoms with Gasteiger partial charge in [0.15, 0.2) is 0 Å². The van der Waals surface area contributed by atoms with Gasteiger partial charge >= 0.3 is 7.60 Å². The number of hydrogen-bond donors (Lipinski definition) is 3. The fourth-order valence-electron chi connectivity index (χ4n) is 1.50. The van der Waals surface area contributed by atoms with Gasteiger partial charge < -0.3 is 19.3 Å². The molecule has 0 amide bonds. The quantitative estimate of drug-likeness (QED) is 0.539. The van der Waals surface area contributed by atoms with E-state index < -0.39 is 7.60 Å². The van der Waals surface area contributed by atoms with Crippen LogP contribution in [0, 0.1) is 0 Å². The molecule has 0 radical (unpaired) electrons. The Hall–Kier alpha value is 0.420. The first kappa shape index (κ1) is 19.4. The summed E-state index contributed by atoms with van der Waals surface area (Å²) in [4.78, 5) is 16.2. The molecule has 2 heterocycles. The Morgan fingerprint density at radius 3 is 1.26 bits per heavy atom. The molecule has 116 valence electrons. The molecule has 0 aliphatic carbocycles. The van der Waals surface area contributed by atoms with Gasteiger partial charge in [-0.3, -0.25) is 4.57 Å². The lowest BCUT2D eigenvalue weighted by Gasteiger charge is -2.08. The van der Waals surface area contributed by atoms with Gasteiger partial charge in [-0.2, -0.15) is 12.6 Å². The summed E-state index contributed by atoms with van der Waals surface area (Å²) in [6.45, 7) is 4.00. The summed E-state index contributed by atoms with van der Waals surface area (Å²) >= 11 is 3.62. The molecule has 2 rings (SSSR count). The zero-order valence-electron chi connectivity index (χ0n) is 11.5. The van der Waals surface area contributed by atoms with Crippen LogP contribution in [0.25, 0.3) is 0 Å². The van der Waals surface area contributed by atoms with E-state index in [-0.39, 0.29) is 11.9 Å². The van der Waals surface area contributed by atoms with Gasteiger partial charge in [-0.05, 0) is 38.5 Å². The van der Waals surface area contributed by atoms with Gasteiger partial charge in [-0.15, -0.1) is 0 Å². The van der Waals surface area contributed by atoms with Crippen molar-refractivity contribution in [1.82, 2.24) is 0 Å². The minimum absolute atomic E-state index is 0.129. The first-order chi connectivity index (χ1) is 9.06. The van der Waals surface area contributed by atoms with Crippen molar-refractivity contribution in [3.05, 3.63) is 0 Å². The summed E-state index contributed by atoms with van der Waals surface area (Å²) < 4.78 is 20.0. The molecule has 0 aromatic carbocycles. The largest absolute Gasteiger partial charge is 0.381 e. The Morgan fingerprint density at radius 2 is 1.21 bits per heavy atom. The molecule has 0 saturated carbocycles. The Balaban J connectivity index is 0.000000256. The molecule has 2 aliphatic heterocycles. The van der Waals surface area contributed by atoms with Crippen LogP contribution in [0.4, 0.5) is 0 Å². The van der Waals surface area contributed by atoms with Crippen LogP contribution >= 0.6 is 20.2 Å². The third-order valence-electron chi connectivity index (χ3n) is 2.55. The Labute approximate surface area is 121 Å². The van der Waals surface area contributed by atoms with Gasteiger partial charge in [0, 0.05) is 32.2 Å². The molecule has 7 heteroatoms. The van der Waals surface area contributed by atoms with Gasteiger partial charge in [0.1, 0.15) is 0 Å². The molecule has 2 aliphatic rings. The van der Waals surface area contributed by atoms with E-state index in [1.807, 2.05) is 0 Å². The van der Waals surface area contributed by atoms with Crippen LogP contribution in [0.1, 0.15) is 38.5 Å². The SMILES string of the molecule is C1CCOCC1.C1CCOCC1.O=P(O)(O)CCS. The van der Waals surface area contributed by atoms with Gasteiger partial charge in [0.2, 0.25) is 0 Å². The van der Waals surface area contributed by atoms with E-state index in [4.69, 9.17) is 19.3 Å². The van der Waals surface area contributed by atoms with Crippen molar-refractivity contribution < 1.29 is 23.8 Å². The Morgan fingerprint density at radius 1 is 0.842 bits per heavy atom. The molecular formula is C12H27O5PS. The number of thiol groups is 1. The Bertz CT molecular complexity index is 191. The molecule has 2 N–H and O–H groups in total. The molecular weight excluding hydrogens is 287 g/mol. The molecule has 0 atom stereocenters. The molecule has 0 aromatic rings. The summed E-state index contributed by atoms with van der Waals surface area (Å²) in [5, 5.41) is 0. The second-order valence-corrected chi connectivity index (χ2v) is 6.68. The fraction of sp³-hybridized carbons (Fsp3) is 1.00. The lowest BCUT2D eigenvalue weighted by atomic mass is 10.2. The molecule has 5 nitrogen and oxygen atoms in total. The standard InChI is InChI=1S/2C5H10O.C2H7O3PS/c2*1-2-4-6-5-3-1;3-6(4,5)1-2-7/h2*1-5H2;7H,1-2H2,(H2,3,4,5). The Kier molecular flexibility index (Phi) is 13.7. The normalized spacial score (nSPS) is 19.5. The van der Waals surface area contributed by atoms with E-state index in [0.717, 1.165) is 26.4 Å². The second-order valence-electron chi connectivity index (χ2n) is 4.46. The van der Waals surface area contributed by atoms with Gasteiger partial charge in [0.25, 0.3) is 0 Å². The summed E-state index contributed by atoms with van der Waals surface area (Å²) in [6, 6.07) is 0. The first-order valence-corrected chi connectivity index (χ1v) is 9.30. The highest BCUT2D eigenvalue weighted by atomic mass is 32.1. The summed E-state index contributed by atoms with van der Waals surface area (Å²) in [6.07, 6.45) is 7.73. The minimum atomic E-state index is -3.74. The maximum absolute atomic E-state index is 9.88. The average Bonchev–Trinajstić information content (AvgIpc) is 2.43. The summed E-state index contributed by atoms with van der Waals surface area (Å²) in [5.74, 6) is 0.240. The summed E-state index contributed by atoms with van der Waals surface area (Å²) in [7, 11) is -3.74. The van der Waals surface area contributed by atoms with Crippen molar-refractivity contribution in [3.63, 3.8) is 0 Å². The topological polar surface area (TPSA) is 76.0 Å². The van der Waals surface area contributed by atoms with Crippen LogP contribution in [0.2, 0.25) is 0 Å². The third kappa shape index (κ3) is 18.4. The molecule has 2 fully saturated rings. The van der Waals surface area contributed by atoms with Crippen LogP contribution < -0.4 is 0 Å². The predicted octanol–water partition coefficient (Wildman–Crippen LogP) is 2.47. The van der Waals surface area contributed by atoms with Crippen LogP contribution in [0.5, 0.6) is 0 Å². The lowest BCUT2D eigenvalue weighted by molar-refractivity contribution is 0.0967. The highest BCUT2D eigenvalue weighted by Gasteiger charge is 2.08. The zero-order valence-corrected chi connectivity index (χ0v) is 13.3. The van der Waals surface area contributed by atoms with Crippen molar-refractivity contribution in [2.45, 2.75) is 38.5 Å². The highest BCUT2D eigenvalue weighted by Crippen LogP contribution is 2.33. The maximum atomic E-state index is 9.88. The van der Waals surface area contributed by atoms with Crippen LogP contribution in [0.3, 0.4) is 0 Å². The fourth-order valence-corrected chi connectivity index (χ4v) is 2.55. The third-order valence-corrected chi connectivity index (χ3v) is 3.93. The number of hydrogen-bond acceptors (Lipinski definition) is 4. The van der Waals surface area contributed by atoms with Gasteiger partial charge in [0.05, 0.1) is 6.16 Å². The van der Waals surface area contributed by atoms with E-state index in [2.05, 4.69) is 12.6 Å². The van der Waals surface area contributed by atoms with Crippen LogP contribution in [-0.2, 0) is 14.0 Å². The first-order valence-electron chi connectivity index (χ1n) is 6.87. The van der Waals surface area contributed by atoms with E-state index >= 15 is 0 Å². The van der Waals surface area contributed by atoms with Crippen LogP contribution in [-0.4, -0.2) is 48.1 Å². The lowest BCUT2D eigenvalue weighted by Crippen LogP contribution is -2.03. The van der Waals surface area contributed by atoms with Crippen molar-refractivity contribution in [3.8, 4) is 0 Å². The van der Waals surface area contributed by atoms with Crippen molar-refractivity contribution in [2.24, 2.45) is 0 Å². The second kappa shape index (κ2) is 13.4. The van der Waals surface area contributed by atoms with Crippen molar-refractivity contribution in [2.75, 3.05) is 38.3 Å². The smallest absolute Gasteiger partial charge is 0.326 e. The number of rotatable bonds is 2. The van der Waals surface area contributed by atoms with E-state index in [1.54, 1.807) is 0 Å². The van der Waals surface area contributed by atoms with E-state index in [0.29, 0.717) is 0 Å². The van der Waals surface area contributed by atoms with Crippen molar-refractivity contribution >= 4 is 20.2 Å². The molecule has 2 saturated heterocycles. The minimum Gasteiger partial charge on any atom is -0.381 e. The molecule has 0 unspecified atom stereocenters. The van der Waals surface area contributed by atoms with E-state index in [1.165, 1.54) is 38.5 Å². The summed E-state index contributed by atoms with van der Waals surface area (Å²) in [5.41, 5.74) is 0. The van der Waals surface area contributed by atoms with E-state index in [9.17, 15) is 4.57 Å². The predicted molar refractivity (Wildman–Crippen MR) is 80.1 cm³/mol. The number of ether oxygens (including phenoxy) is 2. The highest BCUT2D eigenvalue weighted by molar-refractivity contribution is 7.80. The maximum Gasteiger partial charge on any atom is 0.326 e. The monoisotopic (exact) mass is 314 g/mol. The van der Waals surface area contributed by atoms with Crippen molar-refractivity contribution in [1.29, 1.82) is 0 Å². The van der Waals surface area contributed by atoms with Gasteiger partial charge in [-0.1, -0.05) is 0 Å². The molecule has 19 heavy (non-hydrogen) atoms. The van der Waals surface area contributed by atoms with Crippen LogP contribution in [0.15, 0.2) is 0 Å². The average molecular weight is 314 g/mol. The molecule has 0 bridgehead atoms. The van der Waals surface area contributed by atoms with Gasteiger partial charge in [-0.25, -0.2) is 0 Å². The zero-order chi connectivity index (χ0) is 14.4. The molecule has 0 spiro atoms.